The van der Waals surface area contributed by atoms with E-state index in [1.807, 2.05) is 0 Å². The van der Waals surface area contributed by atoms with Crippen molar-refractivity contribution in [1.82, 2.24) is 9.80 Å². The Morgan fingerprint density at radius 1 is 1.05 bits per heavy atom. The summed E-state index contributed by atoms with van der Waals surface area (Å²) in [6.07, 6.45) is 3.77. The van der Waals surface area contributed by atoms with Crippen molar-refractivity contribution in [3.8, 4) is 0 Å². The highest BCUT2D eigenvalue weighted by molar-refractivity contribution is 5.81. The second kappa shape index (κ2) is 8.82. The molecule has 0 aliphatic carbocycles. The lowest BCUT2D eigenvalue weighted by Crippen LogP contribution is -2.51. The molecular weight excluding hydrogens is 270 g/mol. The normalized spacial score (nSPS) is 17.5. The van der Waals surface area contributed by atoms with Gasteiger partial charge in [0, 0.05) is 32.7 Å². The van der Waals surface area contributed by atoms with Crippen LogP contribution in [0.1, 0.15) is 45.6 Å². The number of hydrogen-bond donors (Lipinski definition) is 0. The van der Waals surface area contributed by atoms with Crippen LogP contribution in [0, 0.1) is 5.92 Å². The molecule has 3 rings (SSSR count). The highest BCUT2D eigenvalue weighted by Gasteiger charge is 2.25. The molecule has 3 heteroatoms. The van der Waals surface area contributed by atoms with E-state index in [9.17, 15) is 0 Å². The van der Waals surface area contributed by atoms with Gasteiger partial charge in [0.1, 0.15) is 0 Å². The molecule has 1 saturated heterocycles. The van der Waals surface area contributed by atoms with Gasteiger partial charge in [-0.05, 0) is 24.3 Å². The van der Waals surface area contributed by atoms with Crippen molar-refractivity contribution in [2.45, 2.75) is 46.6 Å². The third-order valence-electron chi connectivity index (χ3n) is 4.29. The lowest BCUT2D eigenvalue weighted by molar-refractivity contribution is 0.239. The minimum Gasteiger partial charge on any atom is -0.343 e. The van der Waals surface area contributed by atoms with Crippen LogP contribution in [0.5, 0.6) is 0 Å². The molecule has 0 spiro atoms. The first kappa shape index (κ1) is 16.9. The maximum absolute atomic E-state index is 4.70. The SMILES string of the molecule is CCC(C)C.c1ccc(CN2CCCN3CCCN=C32)cc1. The predicted octanol–water partition coefficient (Wildman–Crippen LogP) is 4.01. The summed E-state index contributed by atoms with van der Waals surface area (Å²) in [5.41, 5.74) is 1.38. The molecule has 0 atom stereocenters. The smallest absolute Gasteiger partial charge is 0.196 e. The Balaban J connectivity index is 0.000000309. The molecule has 122 valence electrons. The van der Waals surface area contributed by atoms with E-state index in [1.165, 1.54) is 43.9 Å². The predicted molar refractivity (Wildman–Crippen MR) is 95.1 cm³/mol. The first-order chi connectivity index (χ1) is 10.7. The molecular formula is C19H31N3. The Bertz CT molecular complexity index is 453. The van der Waals surface area contributed by atoms with Crippen LogP contribution < -0.4 is 0 Å². The fourth-order valence-corrected chi connectivity index (χ4v) is 2.66. The fourth-order valence-electron chi connectivity index (χ4n) is 2.66. The van der Waals surface area contributed by atoms with Crippen LogP contribution in [0.25, 0.3) is 0 Å². The zero-order valence-electron chi connectivity index (χ0n) is 14.5. The first-order valence-corrected chi connectivity index (χ1v) is 8.79. The fraction of sp³-hybridized carbons (Fsp3) is 0.632. The Hall–Kier alpha value is -1.51. The van der Waals surface area contributed by atoms with Gasteiger partial charge in [0.2, 0.25) is 0 Å². The summed E-state index contributed by atoms with van der Waals surface area (Å²) in [5.74, 6) is 2.11. The summed E-state index contributed by atoms with van der Waals surface area (Å²) >= 11 is 0. The molecule has 0 unspecified atom stereocenters. The van der Waals surface area contributed by atoms with E-state index in [2.05, 4.69) is 60.9 Å². The Kier molecular flexibility index (Phi) is 6.75. The summed E-state index contributed by atoms with van der Waals surface area (Å²) < 4.78 is 0. The number of aliphatic imine (C=N–C) groups is 1. The molecule has 0 bridgehead atoms. The Morgan fingerprint density at radius 3 is 2.41 bits per heavy atom. The molecule has 0 N–H and O–H groups in total. The van der Waals surface area contributed by atoms with Gasteiger partial charge in [0.15, 0.2) is 5.96 Å². The summed E-state index contributed by atoms with van der Waals surface area (Å²) in [6, 6.07) is 10.7. The van der Waals surface area contributed by atoms with Crippen LogP contribution in [-0.4, -0.2) is 41.9 Å². The van der Waals surface area contributed by atoms with Gasteiger partial charge < -0.3 is 9.80 Å². The van der Waals surface area contributed by atoms with Crippen molar-refractivity contribution in [2.24, 2.45) is 10.9 Å². The van der Waals surface area contributed by atoms with E-state index in [4.69, 9.17) is 4.99 Å². The standard InChI is InChI=1S/C14H19N3.C5H12/c1-2-6-13(7-3-1)12-17-11-5-10-16-9-4-8-15-14(16)17;1-4-5(2)3/h1-3,6-7H,4-5,8-12H2;5H,4H2,1-3H3. The number of fused-ring (bicyclic) bond motifs is 1. The van der Waals surface area contributed by atoms with Gasteiger partial charge in [-0.1, -0.05) is 57.5 Å². The van der Waals surface area contributed by atoms with E-state index < -0.39 is 0 Å². The van der Waals surface area contributed by atoms with Gasteiger partial charge in [-0.2, -0.15) is 0 Å². The number of hydrogen-bond acceptors (Lipinski definition) is 3. The molecule has 2 heterocycles. The lowest BCUT2D eigenvalue weighted by atomic mass is 10.2. The molecule has 1 aromatic rings. The number of benzene rings is 1. The molecule has 0 amide bonds. The highest BCUT2D eigenvalue weighted by atomic mass is 15.4. The average molecular weight is 301 g/mol. The van der Waals surface area contributed by atoms with Gasteiger partial charge in [0.05, 0.1) is 0 Å². The maximum atomic E-state index is 4.70. The number of rotatable bonds is 3. The summed E-state index contributed by atoms with van der Waals surface area (Å²) in [6.45, 7) is 12.1. The minimum absolute atomic E-state index is 0.884. The number of guanidine groups is 1. The highest BCUT2D eigenvalue weighted by Crippen LogP contribution is 2.16. The lowest BCUT2D eigenvalue weighted by Gasteiger charge is -2.41. The molecule has 1 aromatic carbocycles. The van der Waals surface area contributed by atoms with Gasteiger partial charge in [-0.25, -0.2) is 0 Å². The zero-order valence-corrected chi connectivity index (χ0v) is 14.5. The molecule has 0 saturated carbocycles. The van der Waals surface area contributed by atoms with E-state index in [0.29, 0.717) is 0 Å². The summed E-state index contributed by atoms with van der Waals surface area (Å²) in [4.78, 5) is 9.57. The summed E-state index contributed by atoms with van der Waals surface area (Å²) in [7, 11) is 0. The van der Waals surface area contributed by atoms with Crippen LogP contribution >= 0.6 is 0 Å². The topological polar surface area (TPSA) is 18.8 Å². The van der Waals surface area contributed by atoms with Crippen LogP contribution in [0.15, 0.2) is 35.3 Å². The molecule has 0 radical (unpaired) electrons. The molecule has 3 nitrogen and oxygen atoms in total. The van der Waals surface area contributed by atoms with Crippen molar-refractivity contribution < 1.29 is 0 Å². The van der Waals surface area contributed by atoms with E-state index >= 15 is 0 Å². The van der Waals surface area contributed by atoms with E-state index in [1.54, 1.807) is 0 Å². The second-order valence-corrected chi connectivity index (χ2v) is 6.59. The van der Waals surface area contributed by atoms with Crippen molar-refractivity contribution >= 4 is 5.96 Å². The number of nitrogens with zero attached hydrogens (tertiary/aromatic N) is 3. The molecule has 22 heavy (non-hydrogen) atoms. The van der Waals surface area contributed by atoms with Crippen molar-refractivity contribution in [2.75, 3.05) is 26.2 Å². The quantitative estimate of drug-likeness (QED) is 0.840. The third kappa shape index (κ3) is 5.04. The monoisotopic (exact) mass is 301 g/mol. The molecule has 2 aliphatic heterocycles. The van der Waals surface area contributed by atoms with Crippen LogP contribution in [0.4, 0.5) is 0 Å². The average Bonchev–Trinajstić information content (AvgIpc) is 2.57. The molecule has 0 aromatic heterocycles. The van der Waals surface area contributed by atoms with Crippen molar-refractivity contribution in [3.05, 3.63) is 35.9 Å². The van der Waals surface area contributed by atoms with E-state index in [0.717, 1.165) is 25.6 Å². The summed E-state index contributed by atoms with van der Waals surface area (Å²) in [5, 5.41) is 0. The Morgan fingerprint density at radius 2 is 1.73 bits per heavy atom. The Labute approximate surface area is 136 Å². The van der Waals surface area contributed by atoms with Gasteiger partial charge in [-0.15, -0.1) is 0 Å². The van der Waals surface area contributed by atoms with Crippen molar-refractivity contribution in [3.63, 3.8) is 0 Å². The van der Waals surface area contributed by atoms with Gasteiger partial charge in [-0.3, -0.25) is 4.99 Å². The molecule has 1 fully saturated rings. The first-order valence-electron chi connectivity index (χ1n) is 8.79. The van der Waals surface area contributed by atoms with Crippen LogP contribution in [-0.2, 0) is 6.54 Å². The van der Waals surface area contributed by atoms with Crippen molar-refractivity contribution in [1.29, 1.82) is 0 Å². The maximum Gasteiger partial charge on any atom is 0.196 e. The minimum atomic E-state index is 0.884. The molecule has 2 aliphatic rings. The second-order valence-electron chi connectivity index (χ2n) is 6.59. The van der Waals surface area contributed by atoms with Gasteiger partial charge in [0.25, 0.3) is 0 Å². The third-order valence-corrected chi connectivity index (χ3v) is 4.29. The largest absolute Gasteiger partial charge is 0.343 e. The van der Waals surface area contributed by atoms with Crippen LogP contribution in [0.3, 0.4) is 0 Å². The van der Waals surface area contributed by atoms with Crippen LogP contribution in [0.2, 0.25) is 0 Å². The zero-order chi connectivity index (χ0) is 15.8. The van der Waals surface area contributed by atoms with Gasteiger partial charge >= 0.3 is 0 Å². The van der Waals surface area contributed by atoms with E-state index in [-0.39, 0.29) is 0 Å².